The van der Waals surface area contributed by atoms with Gasteiger partial charge in [0.25, 0.3) is 0 Å². The summed E-state index contributed by atoms with van der Waals surface area (Å²) in [7, 11) is 1.66. The highest BCUT2D eigenvalue weighted by Gasteiger charge is 2.25. The van der Waals surface area contributed by atoms with Crippen LogP contribution in [0.5, 0.6) is 5.75 Å². The van der Waals surface area contributed by atoms with Crippen molar-refractivity contribution >= 4 is 23.1 Å². The number of benzene rings is 1. The van der Waals surface area contributed by atoms with Crippen molar-refractivity contribution in [3.63, 3.8) is 0 Å². The number of nitrogens with two attached hydrogens (primary N) is 1. The van der Waals surface area contributed by atoms with E-state index in [1.165, 1.54) is 0 Å². The van der Waals surface area contributed by atoms with Crippen LogP contribution in [-0.4, -0.2) is 70.3 Å². The van der Waals surface area contributed by atoms with E-state index in [0.717, 1.165) is 54.0 Å². The molecule has 1 aromatic carbocycles. The van der Waals surface area contributed by atoms with Crippen molar-refractivity contribution < 1.29 is 9.47 Å². The van der Waals surface area contributed by atoms with Gasteiger partial charge in [0, 0.05) is 38.3 Å². The standard InChI is InChI=1S/C22H28N8O2/c1-31-16-7-5-15(6-8-16)18-19-20(30(14-25-19)17-4-2-3-13-32-17)27-22(26-18)29-11-9-28(10-12-29)21(23)24/h5-8,14,17H,2-4,9-13H2,1H3,(H3,23,24). The fraction of sp³-hybridized carbons (Fsp3) is 0.455. The summed E-state index contributed by atoms with van der Waals surface area (Å²) in [6, 6.07) is 7.84. The molecule has 32 heavy (non-hydrogen) atoms. The molecule has 0 radical (unpaired) electrons. The molecule has 0 bridgehead atoms. The number of rotatable bonds is 4. The van der Waals surface area contributed by atoms with Gasteiger partial charge in [-0.25, -0.2) is 9.97 Å². The molecule has 0 spiro atoms. The molecule has 3 N–H and O–H groups in total. The Labute approximate surface area is 186 Å². The predicted octanol–water partition coefficient (Wildman–Crippen LogP) is 2.22. The van der Waals surface area contributed by atoms with Gasteiger partial charge in [-0.15, -0.1) is 0 Å². The van der Waals surface area contributed by atoms with E-state index in [-0.39, 0.29) is 12.2 Å². The Morgan fingerprint density at radius 2 is 1.91 bits per heavy atom. The minimum atomic E-state index is -0.0604. The van der Waals surface area contributed by atoms with E-state index < -0.39 is 0 Å². The number of guanidine groups is 1. The summed E-state index contributed by atoms with van der Waals surface area (Å²) in [5, 5.41) is 7.69. The topological polar surface area (TPSA) is 118 Å². The normalized spacial score (nSPS) is 19.3. The molecule has 0 amide bonds. The average molecular weight is 437 g/mol. The quantitative estimate of drug-likeness (QED) is 0.472. The zero-order valence-electron chi connectivity index (χ0n) is 18.2. The number of anilines is 1. The van der Waals surface area contributed by atoms with Crippen LogP contribution in [0.15, 0.2) is 30.6 Å². The molecule has 2 aliphatic heterocycles. The molecule has 4 heterocycles. The first-order valence-electron chi connectivity index (χ1n) is 11.0. The summed E-state index contributed by atoms with van der Waals surface area (Å²) in [4.78, 5) is 18.6. The van der Waals surface area contributed by atoms with Crippen LogP contribution in [0, 0.1) is 5.41 Å². The number of hydrogen-bond acceptors (Lipinski definition) is 7. The second kappa shape index (κ2) is 8.62. The molecule has 2 fully saturated rings. The molecular weight excluding hydrogens is 408 g/mol. The van der Waals surface area contributed by atoms with E-state index in [4.69, 9.17) is 30.6 Å². The number of imidazole rings is 1. The van der Waals surface area contributed by atoms with E-state index in [0.29, 0.717) is 32.1 Å². The van der Waals surface area contributed by atoms with Crippen LogP contribution in [0.2, 0.25) is 0 Å². The number of ether oxygens (including phenoxy) is 2. The van der Waals surface area contributed by atoms with Crippen molar-refractivity contribution in [1.29, 1.82) is 5.41 Å². The van der Waals surface area contributed by atoms with Crippen LogP contribution in [0.25, 0.3) is 22.4 Å². The molecule has 168 valence electrons. The first kappa shape index (κ1) is 20.5. The highest BCUT2D eigenvalue weighted by molar-refractivity contribution is 5.88. The zero-order valence-corrected chi connectivity index (χ0v) is 18.2. The van der Waals surface area contributed by atoms with E-state index in [1.54, 1.807) is 7.11 Å². The molecule has 3 aromatic rings. The summed E-state index contributed by atoms with van der Waals surface area (Å²) in [6.07, 6.45) is 4.91. The van der Waals surface area contributed by atoms with Crippen molar-refractivity contribution in [1.82, 2.24) is 24.4 Å². The number of aromatic nitrogens is 4. The smallest absolute Gasteiger partial charge is 0.228 e. The van der Waals surface area contributed by atoms with Gasteiger partial charge in [0.15, 0.2) is 11.6 Å². The van der Waals surface area contributed by atoms with E-state index in [2.05, 4.69) is 9.88 Å². The Hall–Kier alpha value is -3.40. The van der Waals surface area contributed by atoms with Crippen LogP contribution in [0.4, 0.5) is 5.95 Å². The summed E-state index contributed by atoms with van der Waals surface area (Å²) in [5.41, 5.74) is 8.94. The maximum atomic E-state index is 7.69. The molecule has 5 rings (SSSR count). The van der Waals surface area contributed by atoms with Gasteiger partial charge >= 0.3 is 0 Å². The molecular formula is C22H28N8O2. The molecule has 1 unspecified atom stereocenters. The number of hydrogen-bond donors (Lipinski definition) is 2. The molecule has 2 saturated heterocycles. The third-order valence-corrected chi connectivity index (χ3v) is 6.14. The highest BCUT2D eigenvalue weighted by Crippen LogP contribution is 2.32. The van der Waals surface area contributed by atoms with E-state index in [1.807, 2.05) is 40.1 Å². The van der Waals surface area contributed by atoms with Gasteiger partial charge in [-0.3, -0.25) is 9.98 Å². The van der Waals surface area contributed by atoms with Crippen molar-refractivity contribution in [2.24, 2.45) is 5.73 Å². The maximum Gasteiger partial charge on any atom is 0.228 e. The molecule has 2 aromatic heterocycles. The number of methoxy groups -OCH3 is 1. The lowest BCUT2D eigenvalue weighted by molar-refractivity contribution is -0.0298. The summed E-state index contributed by atoms with van der Waals surface area (Å²) in [5.74, 6) is 1.55. The summed E-state index contributed by atoms with van der Waals surface area (Å²) >= 11 is 0. The first-order chi connectivity index (χ1) is 15.6. The monoisotopic (exact) mass is 436 g/mol. The van der Waals surface area contributed by atoms with Crippen molar-refractivity contribution in [3.8, 4) is 17.0 Å². The fourth-order valence-corrected chi connectivity index (χ4v) is 4.30. The second-order valence-corrected chi connectivity index (χ2v) is 8.11. The van der Waals surface area contributed by atoms with Gasteiger partial charge in [0.05, 0.1) is 13.4 Å². The molecule has 10 nitrogen and oxygen atoms in total. The van der Waals surface area contributed by atoms with Crippen LogP contribution in [0.3, 0.4) is 0 Å². The molecule has 0 aliphatic carbocycles. The lowest BCUT2D eigenvalue weighted by atomic mass is 10.1. The predicted molar refractivity (Wildman–Crippen MR) is 122 cm³/mol. The minimum absolute atomic E-state index is 0.0604. The van der Waals surface area contributed by atoms with Crippen LogP contribution >= 0.6 is 0 Å². The maximum absolute atomic E-state index is 7.69. The van der Waals surface area contributed by atoms with E-state index in [9.17, 15) is 0 Å². The lowest BCUT2D eigenvalue weighted by Gasteiger charge is -2.35. The van der Waals surface area contributed by atoms with Gasteiger partial charge in [-0.1, -0.05) is 0 Å². The molecule has 10 heteroatoms. The average Bonchev–Trinajstić information content (AvgIpc) is 3.28. The largest absolute Gasteiger partial charge is 0.497 e. The minimum Gasteiger partial charge on any atom is -0.497 e. The zero-order chi connectivity index (χ0) is 22.1. The molecule has 2 aliphatic rings. The van der Waals surface area contributed by atoms with Crippen LogP contribution in [0.1, 0.15) is 25.5 Å². The number of fused-ring (bicyclic) bond motifs is 1. The van der Waals surface area contributed by atoms with Crippen LogP contribution < -0.4 is 15.4 Å². The Bertz CT molecular complexity index is 1100. The van der Waals surface area contributed by atoms with E-state index >= 15 is 0 Å². The summed E-state index contributed by atoms with van der Waals surface area (Å²) < 4.78 is 13.4. The third-order valence-electron chi connectivity index (χ3n) is 6.14. The van der Waals surface area contributed by atoms with Gasteiger partial charge in [-0.05, 0) is 43.5 Å². The Morgan fingerprint density at radius 3 is 2.56 bits per heavy atom. The van der Waals surface area contributed by atoms with Crippen molar-refractivity contribution in [2.45, 2.75) is 25.5 Å². The second-order valence-electron chi connectivity index (χ2n) is 8.11. The number of nitrogens with zero attached hydrogens (tertiary/aromatic N) is 6. The van der Waals surface area contributed by atoms with Gasteiger partial charge in [0.1, 0.15) is 23.2 Å². The van der Waals surface area contributed by atoms with Gasteiger partial charge in [-0.2, -0.15) is 4.98 Å². The van der Waals surface area contributed by atoms with Crippen molar-refractivity contribution in [3.05, 3.63) is 30.6 Å². The van der Waals surface area contributed by atoms with Gasteiger partial charge in [0.2, 0.25) is 5.95 Å². The Kier molecular flexibility index (Phi) is 5.52. The fourth-order valence-electron chi connectivity index (χ4n) is 4.30. The van der Waals surface area contributed by atoms with Gasteiger partial charge < -0.3 is 25.0 Å². The first-order valence-corrected chi connectivity index (χ1v) is 11.0. The number of piperazine rings is 1. The SMILES string of the molecule is COc1ccc(-c2nc(N3CCN(C(=N)N)CC3)nc3c2ncn3C2CCCCO2)cc1. The number of nitrogens with one attached hydrogen (secondary N) is 1. The Balaban J connectivity index is 1.57. The third kappa shape index (κ3) is 3.81. The van der Waals surface area contributed by atoms with Crippen molar-refractivity contribution in [2.75, 3.05) is 44.8 Å². The molecule has 0 saturated carbocycles. The highest BCUT2D eigenvalue weighted by atomic mass is 16.5. The van der Waals surface area contributed by atoms with Crippen LogP contribution in [-0.2, 0) is 4.74 Å². The summed E-state index contributed by atoms with van der Waals surface area (Å²) in [6.45, 7) is 3.47. The Morgan fingerprint density at radius 1 is 1.12 bits per heavy atom. The lowest BCUT2D eigenvalue weighted by Crippen LogP contribution is -2.51. The molecule has 1 atom stereocenters.